The molecule has 0 saturated carbocycles. The fraction of sp³-hybridized carbons (Fsp3) is 0.414. The van der Waals surface area contributed by atoms with Crippen molar-refractivity contribution in [2.75, 3.05) is 43.1 Å². The number of methoxy groups -OCH3 is 1. The predicted molar refractivity (Wildman–Crippen MR) is 159 cm³/mol. The zero-order valence-electron chi connectivity index (χ0n) is 24.4. The van der Waals surface area contributed by atoms with Crippen molar-refractivity contribution in [3.8, 4) is 5.75 Å². The minimum Gasteiger partial charge on any atom is -0.495 e. The molecule has 2 heterocycles. The van der Waals surface area contributed by atoms with E-state index in [4.69, 9.17) is 4.74 Å². The number of nitrogens with zero attached hydrogens (tertiary/aromatic N) is 3. The largest absolute Gasteiger partial charge is 0.495 e. The summed E-state index contributed by atoms with van der Waals surface area (Å²) in [6.07, 6.45) is -1.30. The van der Waals surface area contributed by atoms with Gasteiger partial charge in [-0.25, -0.2) is 18.4 Å². The molecule has 1 aliphatic rings. The summed E-state index contributed by atoms with van der Waals surface area (Å²) in [6.45, 7) is 3.46. The van der Waals surface area contributed by atoms with Crippen molar-refractivity contribution in [1.29, 1.82) is 0 Å². The maximum Gasteiger partial charge on any atom is 0.419 e. The Labute approximate surface area is 249 Å². The van der Waals surface area contributed by atoms with Crippen LogP contribution in [0.15, 0.2) is 42.6 Å². The van der Waals surface area contributed by atoms with Crippen LogP contribution in [0.1, 0.15) is 45.6 Å². The lowest BCUT2D eigenvalue weighted by molar-refractivity contribution is -0.138. The van der Waals surface area contributed by atoms with Crippen LogP contribution < -0.4 is 25.0 Å². The highest BCUT2D eigenvalue weighted by Gasteiger charge is 2.35. The number of piperidine rings is 1. The first-order valence-corrected chi connectivity index (χ1v) is 15.5. The van der Waals surface area contributed by atoms with Gasteiger partial charge in [0.2, 0.25) is 16.0 Å². The Kier molecular flexibility index (Phi) is 9.80. The Morgan fingerprint density at radius 2 is 1.86 bits per heavy atom. The van der Waals surface area contributed by atoms with Crippen LogP contribution in [0, 0.1) is 6.92 Å². The number of anilines is 3. The van der Waals surface area contributed by atoms with Gasteiger partial charge in [0.25, 0.3) is 5.91 Å². The highest BCUT2D eigenvalue weighted by atomic mass is 32.2. The molecule has 0 unspecified atom stereocenters. The number of nitrogens with one attached hydrogen (secondary N) is 3. The van der Waals surface area contributed by atoms with E-state index in [-0.39, 0.29) is 42.2 Å². The summed E-state index contributed by atoms with van der Waals surface area (Å²) in [4.78, 5) is 20.9. The molecule has 14 heteroatoms. The van der Waals surface area contributed by atoms with Crippen LogP contribution in [0.25, 0.3) is 0 Å². The standard InChI is InChI=1S/C29H35F3N6O4S/c1-18-5-6-19(25(15-18)38(2)43(4,40)41)7-9-23-22(29(30,31)32)17-34-28(36-23)37-24-10-8-20(16-26(24)42-3)27(39)35-21-11-13-33-14-12-21/h5-6,8,10,15-17,21,33H,7,9,11-14H2,1-4H3,(H,35,39)(H,34,36,37). The number of aryl methyl sites for hydroxylation is 3. The van der Waals surface area contributed by atoms with Crippen LogP contribution >= 0.6 is 0 Å². The third kappa shape index (κ3) is 8.14. The number of benzene rings is 2. The number of alkyl halides is 3. The summed E-state index contributed by atoms with van der Waals surface area (Å²) in [7, 11) is -0.778. The molecular weight excluding hydrogens is 585 g/mol. The Bertz CT molecular complexity index is 1580. The quantitative estimate of drug-likeness (QED) is 0.308. The molecular formula is C29H35F3N6O4S. The predicted octanol–water partition coefficient (Wildman–Crippen LogP) is 4.22. The maximum absolute atomic E-state index is 13.9. The molecule has 10 nitrogen and oxygen atoms in total. The normalized spacial score (nSPS) is 14.3. The summed E-state index contributed by atoms with van der Waals surface area (Å²) < 4.78 is 72.6. The number of hydrogen-bond donors (Lipinski definition) is 3. The smallest absolute Gasteiger partial charge is 0.419 e. The van der Waals surface area contributed by atoms with Crippen LogP contribution in [-0.4, -0.2) is 63.8 Å². The number of halogens is 3. The summed E-state index contributed by atoms with van der Waals surface area (Å²) in [5.74, 6) is -0.0523. The van der Waals surface area contributed by atoms with E-state index in [2.05, 4.69) is 25.9 Å². The van der Waals surface area contributed by atoms with Crippen molar-refractivity contribution in [3.05, 3.63) is 70.5 Å². The molecule has 2 aromatic carbocycles. The molecule has 1 aliphatic heterocycles. The van der Waals surface area contributed by atoms with E-state index in [9.17, 15) is 26.4 Å². The van der Waals surface area contributed by atoms with Gasteiger partial charge in [-0.1, -0.05) is 12.1 Å². The second-order valence-corrected chi connectivity index (χ2v) is 12.5. The van der Waals surface area contributed by atoms with E-state index in [0.29, 0.717) is 22.5 Å². The van der Waals surface area contributed by atoms with Gasteiger partial charge in [0.05, 0.1) is 36.0 Å². The number of ether oxygens (including phenoxy) is 1. The van der Waals surface area contributed by atoms with E-state index in [1.807, 2.05) is 0 Å². The highest BCUT2D eigenvalue weighted by molar-refractivity contribution is 7.92. The molecule has 4 rings (SSSR count). The number of hydrogen-bond acceptors (Lipinski definition) is 8. The molecule has 0 bridgehead atoms. The van der Waals surface area contributed by atoms with Crippen LogP contribution in [0.2, 0.25) is 0 Å². The molecule has 3 N–H and O–H groups in total. The summed E-state index contributed by atoms with van der Waals surface area (Å²) in [5, 5.41) is 9.16. The Morgan fingerprint density at radius 1 is 1.14 bits per heavy atom. The fourth-order valence-electron chi connectivity index (χ4n) is 4.81. The molecule has 0 radical (unpaired) electrons. The van der Waals surface area contributed by atoms with E-state index >= 15 is 0 Å². The van der Waals surface area contributed by atoms with Crippen LogP contribution in [0.5, 0.6) is 5.75 Å². The molecule has 1 amide bonds. The van der Waals surface area contributed by atoms with Gasteiger partial charge < -0.3 is 20.7 Å². The number of aromatic nitrogens is 2. The molecule has 0 atom stereocenters. The van der Waals surface area contributed by atoms with Crippen molar-refractivity contribution in [2.24, 2.45) is 0 Å². The molecule has 1 aromatic heterocycles. The zero-order valence-corrected chi connectivity index (χ0v) is 25.2. The van der Waals surface area contributed by atoms with E-state index in [1.165, 1.54) is 14.2 Å². The van der Waals surface area contributed by atoms with Gasteiger partial charge in [-0.05, 0) is 81.1 Å². The zero-order chi connectivity index (χ0) is 31.4. The van der Waals surface area contributed by atoms with Crippen LogP contribution in [0.4, 0.5) is 30.5 Å². The molecule has 43 heavy (non-hydrogen) atoms. The average molecular weight is 621 g/mol. The van der Waals surface area contributed by atoms with Crippen molar-refractivity contribution in [1.82, 2.24) is 20.6 Å². The van der Waals surface area contributed by atoms with Crippen molar-refractivity contribution >= 4 is 33.3 Å². The molecule has 232 valence electrons. The molecule has 1 fully saturated rings. The minimum absolute atomic E-state index is 0.0688. The van der Waals surface area contributed by atoms with E-state index in [1.54, 1.807) is 43.3 Å². The average Bonchev–Trinajstić information content (AvgIpc) is 2.95. The highest BCUT2D eigenvalue weighted by Crippen LogP contribution is 2.34. The molecule has 3 aromatic rings. The maximum atomic E-state index is 13.9. The Balaban J connectivity index is 1.58. The van der Waals surface area contributed by atoms with Crippen molar-refractivity contribution in [2.45, 2.75) is 44.8 Å². The SMILES string of the molecule is COc1cc(C(=O)NC2CCNCC2)ccc1Nc1ncc(C(F)(F)F)c(CCc2ccc(C)cc2N(C)S(C)(=O)=O)n1. The molecule has 0 aliphatic carbocycles. The van der Waals surface area contributed by atoms with Gasteiger partial charge >= 0.3 is 6.18 Å². The lowest BCUT2D eigenvalue weighted by Crippen LogP contribution is -2.42. The first kappa shape index (κ1) is 32.0. The topological polar surface area (TPSA) is 126 Å². The van der Waals surface area contributed by atoms with Gasteiger partial charge in [-0.2, -0.15) is 13.2 Å². The van der Waals surface area contributed by atoms with Gasteiger partial charge in [0, 0.05) is 24.8 Å². The second-order valence-electron chi connectivity index (χ2n) is 10.5. The van der Waals surface area contributed by atoms with Gasteiger partial charge in [0.1, 0.15) is 5.75 Å². The monoisotopic (exact) mass is 620 g/mol. The number of rotatable bonds is 10. The van der Waals surface area contributed by atoms with Crippen molar-refractivity contribution < 1.29 is 31.1 Å². The fourth-order valence-corrected chi connectivity index (χ4v) is 5.33. The molecule has 0 spiro atoms. The second kappa shape index (κ2) is 13.2. The van der Waals surface area contributed by atoms with Gasteiger partial charge in [-0.3, -0.25) is 9.10 Å². The third-order valence-corrected chi connectivity index (χ3v) is 8.46. The third-order valence-electron chi connectivity index (χ3n) is 7.27. The van der Waals surface area contributed by atoms with Crippen molar-refractivity contribution in [3.63, 3.8) is 0 Å². The van der Waals surface area contributed by atoms with Crippen LogP contribution in [-0.2, 0) is 29.0 Å². The van der Waals surface area contributed by atoms with E-state index in [0.717, 1.165) is 48.3 Å². The summed E-state index contributed by atoms with van der Waals surface area (Å²) >= 11 is 0. The van der Waals surface area contributed by atoms with E-state index < -0.39 is 21.8 Å². The first-order valence-electron chi connectivity index (χ1n) is 13.7. The lowest BCUT2D eigenvalue weighted by atomic mass is 10.0. The summed E-state index contributed by atoms with van der Waals surface area (Å²) in [6, 6.07) is 9.93. The van der Waals surface area contributed by atoms with Gasteiger partial charge in [-0.15, -0.1) is 0 Å². The summed E-state index contributed by atoms with van der Waals surface area (Å²) in [5.41, 5.74) is 1.25. The Hall–Kier alpha value is -3.91. The Morgan fingerprint density at radius 3 is 2.51 bits per heavy atom. The molecule has 1 saturated heterocycles. The number of sulfonamides is 1. The van der Waals surface area contributed by atoms with Gasteiger partial charge in [0.15, 0.2) is 0 Å². The van der Waals surface area contributed by atoms with Crippen LogP contribution in [0.3, 0.4) is 0 Å². The lowest BCUT2D eigenvalue weighted by Gasteiger charge is -2.23. The first-order chi connectivity index (χ1) is 20.3. The number of carbonyl (C=O) groups is 1. The number of carbonyl (C=O) groups excluding carboxylic acids is 1. The number of amides is 1. The minimum atomic E-state index is -4.70.